The van der Waals surface area contributed by atoms with Crippen molar-refractivity contribution < 1.29 is 19.2 Å². The maximum absolute atomic E-state index is 13.2. The van der Waals surface area contributed by atoms with Gasteiger partial charge >= 0.3 is 5.97 Å². The van der Waals surface area contributed by atoms with Gasteiger partial charge in [-0.3, -0.25) is 9.59 Å². The molecule has 27 heavy (non-hydrogen) atoms. The first-order valence-electron chi connectivity index (χ1n) is 8.80. The monoisotopic (exact) mass is 365 g/mol. The van der Waals surface area contributed by atoms with Gasteiger partial charge in [-0.05, 0) is 26.3 Å². The molecule has 1 aliphatic rings. The van der Waals surface area contributed by atoms with Crippen LogP contribution in [0.5, 0.6) is 0 Å². The number of amides is 1. The molecule has 2 aromatic heterocycles. The zero-order chi connectivity index (χ0) is 19.1. The Labute approximate surface area is 155 Å². The second-order valence-electron chi connectivity index (χ2n) is 6.94. The minimum absolute atomic E-state index is 0.210. The van der Waals surface area contributed by atoms with Crippen molar-refractivity contribution in [3.8, 4) is 11.3 Å². The predicted molar refractivity (Wildman–Crippen MR) is 98.4 cm³/mol. The van der Waals surface area contributed by atoms with Gasteiger partial charge in [0.2, 0.25) is 0 Å². The van der Waals surface area contributed by atoms with Crippen molar-refractivity contribution in [3.63, 3.8) is 0 Å². The Bertz CT molecular complexity index is 1040. The summed E-state index contributed by atoms with van der Waals surface area (Å²) in [4.78, 5) is 30.5. The van der Waals surface area contributed by atoms with E-state index < -0.39 is 11.9 Å². The minimum Gasteiger partial charge on any atom is -0.481 e. The van der Waals surface area contributed by atoms with E-state index in [1.54, 1.807) is 17.9 Å². The van der Waals surface area contributed by atoms with Gasteiger partial charge in [-0.25, -0.2) is 4.98 Å². The van der Waals surface area contributed by atoms with Crippen LogP contribution < -0.4 is 0 Å². The Morgan fingerprint density at radius 1 is 1.22 bits per heavy atom. The topological polar surface area (TPSA) is 96.5 Å². The number of hydrogen-bond acceptors (Lipinski definition) is 5. The van der Waals surface area contributed by atoms with Crippen molar-refractivity contribution in [2.45, 2.75) is 20.3 Å². The minimum atomic E-state index is -0.869. The fraction of sp³-hybridized carbons (Fsp3) is 0.300. The lowest BCUT2D eigenvalue weighted by molar-refractivity contribution is -0.141. The summed E-state index contributed by atoms with van der Waals surface area (Å²) in [6.07, 6.45) is 0.461. The van der Waals surface area contributed by atoms with E-state index >= 15 is 0 Å². The van der Waals surface area contributed by atoms with Crippen molar-refractivity contribution in [1.29, 1.82) is 0 Å². The highest BCUT2D eigenvalue weighted by molar-refractivity contribution is 6.07. The highest BCUT2D eigenvalue weighted by Crippen LogP contribution is 2.29. The predicted octanol–water partition coefficient (Wildman–Crippen LogP) is 3.05. The van der Waals surface area contributed by atoms with E-state index in [1.165, 1.54) is 0 Å². The summed E-state index contributed by atoms with van der Waals surface area (Å²) in [5.74, 6) is -1.61. The van der Waals surface area contributed by atoms with E-state index in [0.29, 0.717) is 41.0 Å². The van der Waals surface area contributed by atoms with Crippen LogP contribution >= 0.6 is 0 Å². The Balaban J connectivity index is 1.79. The second kappa shape index (κ2) is 6.50. The molecule has 138 valence electrons. The molecule has 0 saturated carbocycles. The number of aliphatic carboxylic acids is 1. The standard InChI is InChI=1S/C20H19N3O4/c1-11-3-5-13(6-4-11)16-9-15(17-12(2)22-27-18(17)21-16)19(24)23-8-7-14(10-23)20(25)26/h3-6,9,14H,7-8,10H2,1-2H3,(H,25,26). The number of fused-ring (bicyclic) bond motifs is 1. The van der Waals surface area contributed by atoms with E-state index in [0.717, 1.165) is 11.1 Å². The molecular formula is C20H19N3O4. The molecule has 1 aromatic carbocycles. The Morgan fingerprint density at radius 2 is 1.96 bits per heavy atom. The summed E-state index contributed by atoms with van der Waals surface area (Å²) in [7, 11) is 0. The number of likely N-dealkylation sites (tertiary alicyclic amines) is 1. The van der Waals surface area contributed by atoms with Gasteiger partial charge in [-0.1, -0.05) is 35.0 Å². The van der Waals surface area contributed by atoms with Crippen molar-refractivity contribution in [2.75, 3.05) is 13.1 Å². The summed E-state index contributed by atoms with van der Waals surface area (Å²) in [5, 5.41) is 13.7. The first-order chi connectivity index (χ1) is 12.9. The van der Waals surface area contributed by atoms with Crippen LogP contribution in [0.25, 0.3) is 22.4 Å². The van der Waals surface area contributed by atoms with Gasteiger partial charge < -0.3 is 14.5 Å². The Morgan fingerprint density at radius 3 is 2.63 bits per heavy atom. The average molecular weight is 365 g/mol. The largest absolute Gasteiger partial charge is 0.481 e. The van der Waals surface area contributed by atoms with Gasteiger partial charge in [-0.15, -0.1) is 0 Å². The molecule has 0 spiro atoms. The van der Waals surface area contributed by atoms with Crippen LogP contribution in [-0.4, -0.2) is 45.1 Å². The molecule has 0 radical (unpaired) electrons. The number of carboxylic acid groups (broad SMARTS) is 1. The van der Waals surface area contributed by atoms with Gasteiger partial charge in [0.15, 0.2) is 0 Å². The second-order valence-corrected chi connectivity index (χ2v) is 6.94. The molecule has 1 unspecified atom stereocenters. The summed E-state index contributed by atoms with van der Waals surface area (Å²) in [5.41, 5.74) is 3.96. The number of benzene rings is 1. The summed E-state index contributed by atoms with van der Waals surface area (Å²) in [6.45, 7) is 4.40. The van der Waals surface area contributed by atoms with Crippen LogP contribution in [0.4, 0.5) is 0 Å². The Hall–Kier alpha value is -3.22. The zero-order valence-electron chi connectivity index (χ0n) is 15.1. The van der Waals surface area contributed by atoms with E-state index in [9.17, 15) is 14.7 Å². The van der Waals surface area contributed by atoms with Crippen LogP contribution in [0.15, 0.2) is 34.9 Å². The normalized spacial score (nSPS) is 16.8. The van der Waals surface area contributed by atoms with Crippen molar-refractivity contribution >= 4 is 23.0 Å². The summed E-state index contributed by atoms with van der Waals surface area (Å²) < 4.78 is 5.32. The fourth-order valence-corrected chi connectivity index (χ4v) is 3.45. The molecule has 0 aliphatic carbocycles. The molecule has 3 aromatic rings. The quantitative estimate of drug-likeness (QED) is 0.766. The fourth-order valence-electron chi connectivity index (χ4n) is 3.45. The molecule has 0 bridgehead atoms. The molecule has 1 aliphatic heterocycles. The van der Waals surface area contributed by atoms with Gasteiger partial charge in [0.05, 0.1) is 28.3 Å². The van der Waals surface area contributed by atoms with Gasteiger partial charge in [0, 0.05) is 18.7 Å². The molecule has 1 N–H and O–H groups in total. The maximum atomic E-state index is 13.2. The molecule has 1 saturated heterocycles. The molecule has 1 fully saturated rings. The molecule has 3 heterocycles. The van der Waals surface area contributed by atoms with Crippen LogP contribution in [0.1, 0.15) is 28.0 Å². The molecule has 7 nitrogen and oxygen atoms in total. The lowest BCUT2D eigenvalue weighted by Gasteiger charge is -2.17. The number of pyridine rings is 1. The molecular weight excluding hydrogens is 346 g/mol. The first-order valence-corrected chi connectivity index (χ1v) is 8.80. The number of aromatic nitrogens is 2. The van der Waals surface area contributed by atoms with Gasteiger partial charge in [0.1, 0.15) is 0 Å². The summed E-state index contributed by atoms with van der Waals surface area (Å²) in [6, 6.07) is 9.58. The van der Waals surface area contributed by atoms with E-state index in [2.05, 4.69) is 10.1 Å². The Kier molecular flexibility index (Phi) is 4.14. The maximum Gasteiger partial charge on any atom is 0.308 e. The third kappa shape index (κ3) is 3.05. The first kappa shape index (κ1) is 17.2. The molecule has 4 rings (SSSR count). The van der Waals surface area contributed by atoms with E-state index in [4.69, 9.17) is 4.52 Å². The number of aryl methyl sites for hydroxylation is 2. The molecule has 1 amide bonds. The van der Waals surface area contributed by atoms with E-state index in [1.807, 2.05) is 31.2 Å². The number of carbonyl (C=O) groups is 2. The van der Waals surface area contributed by atoms with Crippen LogP contribution in [0, 0.1) is 19.8 Å². The zero-order valence-corrected chi connectivity index (χ0v) is 15.1. The van der Waals surface area contributed by atoms with E-state index in [-0.39, 0.29) is 12.5 Å². The van der Waals surface area contributed by atoms with Crippen LogP contribution in [0.2, 0.25) is 0 Å². The number of carbonyl (C=O) groups excluding carboxylic acids is 1. The number of carboxylic acids is 1. The number of hydrogen-bond donors (Lipinski definition) is 1. The average Bonchev–Trinajstić information content (AvgIpc) is 3.29. The third-order valence-corrected chi connectivity index (χ3v) is 5.02. The highest BCUT2D eigenvalue weighted by atomic mass is 16.5. The summed E-state index contributed by atoms with van der Waals surface area (Å²) >= 11 is 0. The van der Waals surface area contributed by atoms with Crippen LogP contribution in [-0.2, 0) is 4.79 Å². The van der Waals surface area contributed by atoms with Crippen molar-refractivity contribution in [2.24, 2.45) is 5.92 Å². The van der Waals surface area contributed by atoms with Gasteiger partial charge in [0.25, 0.3) is 11.6 Å². The lowest BCUT2D eigenvalue weighted by atomic mass is 10.0. The van der Waals surface area contributed by atoms with Gasteiger partial charge in [-0.2, -0.15) is 0 Å². The van der Waals surface area contributed by atoms with Crippen molar-refractivity contribution in [3.05, 3.63) is 47.2 Å². The van der Waals surface area contributed by atoms with Crippen molar-refractivity contribution in [1.82, 2.24) is 15.0 Å². The number of nitrogens with zero attached hydrogens (tertiary/aromatic N) is 3. The smallest absolute Gasteiger partial charge is 0.308 e. The third-order valence-electron chi connectivity index (χ3n) is 5.02. The SMILES string of the molecule is Cc1ccc(-c2cc(C(=O)N3CCC(C(=O)O)C3)c3c(C)noc3n2)cc1. The highest BCUT2D eigenvalue weighted by Gasteiger charge is 2.33. The lowest BCUT2D eigenvalue weighted by Crippen LogP contribution is -2.30. The molecule has 1 atom stereocenters. The van der Waals surface area contributed by atoms with Crippen LogP contribution in [0.3, 0.4) is 0 Å². The number of rotatable bonds is 3. The molecule has 7 heteroatoms.